The number of hydrogen-bond donors (Lipinski definition) is 2. The summed E-state index contributed by atoms with van der Waals surface area (Å²) in [6.45, 7) is 1.36. The van der Waals surface area contributed by atoms with E-state index in [2.05, 4.69) is 25.6 Å². The molecule has 0 fully saturated rings. The van der Waals surface area contributed by atoms with Crippen molar-refractivity contribution in [2.75, 3.05) is 10.6 Å². The summed E-state index contributed by atoms with van der Waals surface area (Å²) in [5.74, 6) is -0.440. The molecule has 8 nitrogen and oxygen atoms in total. The number of nitrogens with one attached hydrogen (secondary N) is 2. The van der Waals surface area contributed by atoms with Gasteiger partial charge in [0.05, 0.1) is 10.5 Å². The number of benzene rings is 2. The number of nitrogens with zero attached hydrogens (tertiary/aromatic N) is 3. The minimum Gasteiger partial charge on any atom is -0.340 e. The summed E-state index contributed by atoms with van der Waals surface area (Å²) in [6.07, 6.45) is 5.33. The number of carbonyl (C=O) groups excluding carboxylic acids is 3. The molecular formula is C25H18ClN5O3. The molecule has 0 radical (unpaired) electrons. The molecule has 0 unspecified atom stereocenters. The average molecular weight is 472 g/mol. The van der Waals surface area contributed by atoms with Crippen LogP contribution in [0.5, 0.6) is 0 Å². The van der Waals surface area contributed by atoms with Crippen molar-refractivity contribution in [3.63, 3.8) is 0 Å². The molecule has 0 atom stereocenters. The number of fused-ring (bicyclic) bond motifs is 1. The van der Waals surface area contributed by atoms with Crippen LogP contribution in [0.2, 0.25) is 5.02 Å². The van der Waals surface area contributed by atoms with Crippen LogP contribution in [-0.4, -0.2) is 32.4 Å². The van der Waals surface area contributed by atoms with E-state index in [4.69, 9.17) is 11.6 Å². The zero-order valence-electron chi connectivity index (χ0n) is 17.9. The van der Waals surface area contributed by atoms with Crippen molar-refractivity contribution in [1.82, 2.24) is 15.0 Å². The van der Waals surface area contributed by atoms with Gasteiger partial charge in [-0.25, -0.2) is 9.97 Å². The van der Waals surface area contributed by atoms with Crippen molar-refractivity contribution in [2.24, 2.45) is 0 Å². The van der Waals surface area contributed by atoms with Crippen LogP contribution in [0.1, 0.15) is 23.0 Å². The maximum atomic E-state index is 12.7. The lowest BCUT2D eigenvalue weighted by molar-refractivity contribution is -0.114. The summed E-state index contributed by atoms with van der Waals surface area (Å²) in [5, 5.41) is 6.80. The lowest BCUT2D eigenvalue weighted by Gasteiger charge is -2.11. The van der Waals surface area contributed by atoms with Gasteiger partial charge in [-0.3, -0.25) is 19.4 Å². The van der Waals surface area contributed by atoms with Crippen LogP contribution < -0.4 is 10.6 Å². The van der Waals surface area contributed by atoms with Gasteiger partial charge >= 0.3 is 0 Å². The number of halogens is 1. The topological polar surface area (TPSA) is 114 Å². The largest absolute Gasteiger partial charge is 0.340 e. The Morgan fingerprint density at radius 2 is 1.74 bits per heavy atom. The summed E-state index contributed by atoms with van der Waals surface area (Å²) < 4.78 is 0. The Morgan fingerprint density at radius 3 is 2.47 bits per heavy atom. The second-order valence-corrected chi connectivity index (χ2v) is 7.66. The quantitative estimate of drug-likeness (QED) is 0.295. The number of amides is 1. The summed E-state index contributed by atoms with van der Waals surface area (Å²) in [6, 6.07) is 15.2. The van der Waals surface area contributed by atoms with Crippen molar-refractivity contribution >= 4 is 57.2 Å². The second kappa shape index (κ2) is 10.0. The highest BCUT2D eigenvalue weighted by Gasteiger charge is 2.15. The number of aromatic nitrogens is 3. The number of ketones is 2. The molecule has 9 heteroatoms. The number of carbonyl (C=O) groups is 3. The first-order valence-electron chi connectivity index (χ1n) is 10.2. The monoisotopic (exact) mass is 471 g/mol. The number of pyridine rings is 1. The lowest BCUT2D eigenvalue weighted by atomic mass is 10.1. The minimum absolute atomic E-state index is 0.222. The molecule has 0 bridgehead atoms. The molecule has 4 rings (SSSR count). The Bertz CT molecular complexity index is 1440. The Hall–Kier alpha value is -4.43. The van der Waals surface area contributed by atoms with Gasteiger partial charge in [-0.1, -0.05) is 17.7 Å². The molecule has 0 aliphatic carbocycles. The molecule has 2 aromatic carbocycles. The van der Waals surface area contributed by atoms with Gasteiger partial charge in [0.25, 0.3) is 0 Å². The predicted molar refractivity (Wildman–Crippen MR) is 130 cm³/mol. The molecule has 2 N–H and O–H groups in total. The van der Waals surface area contributed by atoms with Crippen LogP contribution in [0, 0.1) is 0 Å². The normalized spacial score (nSPS) is 10.9. The lowest BCUT2D eigenvalue weighted by Crippen LogP contribution is -2.08. The van der Waals surface area contributed by atoms with Crippen LogP contribution in [-0.2, 0) is 9.59 Å². The molecule has 0 aliphatic rings. The fourth-order valence-electron chi connectivity index (χ4n) is 3.16. The van der Waals surface area contributed by atoms with E-state index in [1.165, 1.54) is 25.4 Å². The van der Waals surface area contributed by atoms with Crippen LogP contribution >= 0.6 is 11.6 Å². The van der Waals surface area contributed by atoms with Gasteiger partial charge in [0, 0.05) is 34.6 Å². The molecule has 34 heavy (non-hydrogen) atoms. The number of hydrogen-bond acceptors (Lipinski definition) is 7. The van der Waals surface area contributed by atoms with E-state index >= 15 is 0 Å². The van der Waals surface area contributed by atoms with E-state index < -0.39 is 5.91 Å². The molecule has 0 saturated carbocycles. The summed E-state index contributed by atoms with van der Waals surface area (Å²) in [4.78, 5) is 48.3. The first-order valence-corrected chi connectivity index (χ1v) is 10.6. The molecule has 1 amide bonds. The van der Waals surface area contributed by atoms with Crippen molar-refractivity contribution in [3.05, 3.63) is 95.6 Å². The van der Waals surface area contributed by atoms with Crippen molar-refractivity contribution < 1.29 is 14.4 Å². The summed E-state index contributed by atoms with van der Waals surface area (Å²) in [7, 11) is 0. The highest BCUT2D eigenvalue weighted by Crippen LogP contribution is 2.29. The molecule has 2 heterocycles. The maximum Gasteiger partial charge on any atom is 0.248 e. The first kappa shape index (κ1) is 22.8. The van der Waals surface area contributed by atoms with Gasteiger partial charge in [0.15, 0.2) is 5.78 Å². The van der Waals surface area contributed by atoms with Crippen LogP contribution in [0.4, 0.5) is 17.2 Å². The van der Waals surface area contributed by atoms with Gasteiger partial charge in [-0.05, 0) is 61.5 Å². The van der Waals surface area contributed by atoms with Crippen LogP contribution in [0.3, 0.4) is 0 Å². The summed E-state index contributed by atoms with van der Waals surface area (Å²) in [5.41, 5.74) is 2.42. The predicted octanol–water partition coefficient (Wildman–Crippen LogP) is 4.74. The SMILES string of the molecule is CC(=O)C=CC(=O)Nc1ccc2ncnc(Nc3ccc(C(=O)c4ccccn4)c(Cl)c3)c2c1. The molecule has 0 spiro atoms. The van der Waals surface area contributed by atoms with E-state index in [0.29, 0.717) is 39.4 Å². The zero-order valence-corrected chi connectivity index (χ0v) is 18.7. The van der Waals surface area contributed by atoms with E-state index in [1.807, 2.05) is 0 Å². The second-order valence-electron chi connectivity index (χ2n) is 7.25. The van der Waals surface area contributed by atoms with E-state index in [0.717, 1.165) is 0 Å². The fraction of sp³-hybridized carbons (Fsp3) is 0.0400. The first-order chi connectivity index (χ1) is 16.4. The number of allylic oxidation sites excluding steroid dienone is 1. The Kier molecular flexibility index (Phi) is 6.70. The van der Waals surface area contributed by atoms with Gasteiger partial charge < -0.3 is 10.6 Å². The van der Waals surface area contributed by atoms with E-state index in [9.17, 15) is 14.4 Å². The average Bonchev–Trinajstić information content (AvgIpc) is 2.83. The summed E-state index contributed by atoms with van der Waals surface area (Å²) >= 11 is 6.39. The Balaban J connectivity index is 1.59. The third-order valence-electron chi connectivity index (χ3n) is 4.75. The number of rotatable bonds is 7. The molecule has 2 aromatic heterocycles. The Morgan fingerprint density at radius 1 is 0.912 bits per heavy atom. The van der Waals surface area contributed by atoms with Gasteiger partial charge in [-0.15, -0.1) is 0 Å². The third-order valence-corrected chi connectivity index (χ3v) is 5.06. The van der Waals surface area contributed by atoms with Gasteiger partial charge in [0.2, 0.25) is 11.7 Å². The molecule has 0 saturated heterocycles. The molecule has 0 aliphatic heterocycles. The van der Waals surface area contributed by atoms with Crippen molar-refractivity contribution in [2.45, 2.75) is 6.92 Å². The zero-order chi connectivity index (χ0) is 24.1. The van der Waals surface area contributed by atoms with E-state index in [1.54, 1.807) is 60.8 Å². The van der Waals surface area contributed by atoms with Gasteiger partial charge in [0.1, 0.15) is 17.8 Å². The van der Waals surface area contributed by atoms with Crippen LogP contribution in [0.15, 0.2) is 79.3 Å². The van der Waals surface area contributed by atoms with Crippen molar-refractivity contribution in [3.8, 4) is 0 Å². The van der Waals surface area contributed by atoms with Crippen LogP contribution in [0.25, 0.3) is 10.9 Å². The number of anilines is 3. The van der Waals surface area contributed by atoms with E-state index in [-0.39, 0.29) is 16.6 Å². The highest BCUT2D eigenvalue weighted by molar-refractivity contribution is 6.35. The third kappa shape index (κ3) is 5.31. The minimum atomic E-state index is -0.430. The van der Waals surface area contributed by atoms with Crippen molar-refractivity contribution in [1.29, 1.82) is 0 Å². The maximum absolute atomic E-state index is 12.7. The smallest absolute Gasteiger partial charge is 0.248 e. The Labute approximate surface area is 199 Å². The highest BCUT2D eigenvalue weighted by atomic mass is 35.5. The van der Waals surface area contributed by atoms with Gasteiger partial charge in [-0.2, -0.15) is 0 Å². The standard InChI is InChI=1S/C25H18ClN5O3/c1-15(32)5-10-23(33)30-16-7-9-21-19(12-16)25(29-14-28-21)31-17-6-8-18(20(26)13-17)24(34)22-4-2-3-11-27-22/h2-14H,1H3,(H,30,33)(H,28,29,31). The molecule has 4 aromatic rings. The fourth-order valence-corrected chi connectivity index (χ4v) is 3.43. The molecule has 168 valence electrons. The molecular weight excluding hydrogens is 454 g/mol.